The van der Waals surface area contributed by atoms with Crippen LogP contribution in [0.1, 0.15) is 0 Å². The van der Waals surface area contributed by atoms with E-state index < -0.39 is 0 Å². The number of fused-ring (bicyclic) bond motifs is 6. The molecule has 0 N–H and O–H groups in total. The van der Waals surface area contributed by atoms with Crippen molar-refractivity contribution in [2.45, 2.75) is 0 Å². The molecule has 0 saturated heterocycles. The molecule has 0 fully saturated rings. The van der Waals surface area contributed by atoms with E-state index in [0.717, 1.165) is 77.5 Å². The van der Waals surface area contributed by atoms with Gasteiger partial charge in [-0.15, -0.1) is 0 Å². The molecule has 4 heterocycles. The molecule has 0 spiro atoms. The van der Waals surface area contributed by atoms with Gasteiger partial charge in [0.05, 0.1) is 22.1 Å². The first-order chi connectivity index (χ1) is 36.7. The van der Waals surface area contributed by atoms with Crippen LogP contribution in [-0.2, 0) is 0 Å². The van der Waals surface area contributed by atoms with Crippen LogP contribution in [0.4, 0.5) is 0 Å². The number of hydrogen-bond acceptors (Lipinski definition) is 6. The minimum atomic E-state index is 0.506. The lowest BCUT2D eigenvalue weighted by Crippen LogP contribution is -2.06. The molecular weight excluding hydrogens is 905 g/mol. The Morgan fingerprint density at radius 3 is 1.08 bits per heavy atom. The third-order valence-corrected chi connectivity index (χ3v) is 13.8. The van der Waals surface area contributed by atoms with Crippen molar-refractivity contribution in [1.29, 1.82) is 0 Å². The Labute approximate surface area is 426 Å². The Morgan fingerprint density at radius 1 is 0.203 bits per heavy atom. The summed E-state index contributed by atoms with van der Waals surface area (Å²) >= 11 is 0. The van der Waals surface area contributed by atoms with Crippen molar-refractivity contribution >= 4 is 43.6 Å². The zero-order valence-corrected chi connectivity index (χ0v) is 39.8. The molecule has 0 aliphatic carbocycles. The maximum Gasteiger partial charge on any atom is 0.238 e. The highest BCUT2D eigenvalue weighted by atomic mass is 15.2. The van der Waals surface area contributed by atoms with E-state index in [1.807, 2.05) is 84.9 Å². The molecule has 346 valence electrons. The lowest BCUT2D eigenvalue weighted by Gasteiger charge is -2.13. The van der Waals surface area contributed by atoms with Crippen molar-refractivity contribution in [2.75, 3.05) is 0 Å². The molecule has 0 aliphatic rings. The summed E-state index contributed by atoms with van der Waals surface area (Å²) < 4.78 is 4.57. The molecular formula is C66H42N8. The fraction of sp³-hybridized carbons (Fsp3) is 0. The highest BCUT2D eigenvalue weighted by Gasteiger charge is 2.22. The lowest BCUT2D eigenvalue weighted by atomic mass is 10.0. The van der Waals surface area contributed by atoms with Gasteiger partial charge in [0.1, 0.15) is 0 Å². The third-order valence-electron chi connectivity index (χ3n) is 13.8. The Kier molecular flexibility index (Phi) is 10.3. The van der Waals surface area contributed by atoms with Gasteiger partial charge in [0.15, 0.2) is 29.1 Å². The van der Waals surface area contributed by atoms with Crippen molar-refractivity contribution in [3.63, 3.8) is 0 Å². The minimum absolute atomic E-state index is 0.506. The second-order valence-electron chi connectivity index (χ2n) is 18.4. The van der Waals surface area contributed by atoms with E-state index in [4.69, 9.17) is 29.9 Å². The molecule has 74 heavy (non-hydrogen) atoms. The van der Waals surface area contributed by atoms with Gasteiger partial charge in [0, 0.05) is 55.0 Å². The van der Waals surface area contributed by atoms with Crippen LogP contribution in [0.25, 0.3) is 134 Å². The van der Waals surface area contributed by atoms with Gasteiger partial charge in [0.25, 0.3) is 0 Å². The average molecular weight is 947 g/mol. The first kappa shape index (κ1) is 42.7. The number of hydrogen-bond donors (Lipinski definition) is 0. The summed E-state index contributed by atoms with van der Waals surface area (Å²) in [6, 6.07) is 88.2. The Bertz CT molecular complexity index is 4400. The zero-order chi connectivity index (χ0) is 49.0. The predicted molar refractivity (Wildman–Crippen MR) is 300 cm³/mol. The first-order valence-electron chi connectivity index (χ1n) is 24.7. The summed E-state index contributed by atoms with van der Waals surface area (Å²) in [5, 5.41) is 4.56. The van der Waals surface area contributed by atoms with Crippen LogP contribution in [0.3, 0.4) is 0 Å². The van der Waals surface area contributed by atoms with E-state index >= 15 is 0 Å². The monoisotopic (exact) mass is 946 g/mol. The van der Waals surface area contributed by atoms with E-state index in [2.05, 4.69) is 179 Å². The van der Waals surface area contributed by atoms with E-state index in [1.54, 1.807) is 0 Å². The molecule has 14 aromatic rings. The maximum atomic E-state index is 5.40. The van der Waals surface area contributed by atoms with Gasteiger partial charge in [-0.25, -0.2) is 19.9 Å². The normalized spacial score (nSPS) is 11.5. The molecule has 0 saturated carbocycles. The van der Waals surface area contributed by atoms with Crippen LogP contribution in [0.15, 0.2) is 255 Å². The van der Waals surface area contributed by atoms with Crippen molar-refractivity contribution in [3.05, 3.63) is 255 Å². The van der Waals surface area contributed by atoms with E-state index in [9.17, 15) is 0 Å². The van der Waals surface area contributed by atoms with Crippen molar-refractivity contribution < 1.29 is 0 Å². The topological polar surface area (TPSA) is 87.2 Å². The molecule has 0 bridgehead atoms. The summed E-state index contributed by atoms with van der Waals surface area (Å²) in [6.45, 7) is 0. The molecule has 14 rings (SSSR count). The van der Waals surface area contributed by atoms with Crippen LogP contribution in [0, 0.1) is 0 Å². The van der Waals surface area contributed by atoms with Gasteiger partial charge >= 0.3 is 0 Å². The fourth-order valence-corrected chi connectivity index (χ4v) is 10.3. The largest absolute Gasteiger partial charge is 0.309 e. The molecule has 8 nitrogen and oxygen atoms in total. The first-order valence-corrected chi connectivity index (χ1v) is 24.7. The average Bonchev–Trinajstić information content (AvgIpc) is 4.03. The van der Waals surface area contributed by atoms with Crippen molar-refractivity contribution in [3.8, 4) is 90.8 Å². The van der Waals surface area contributed by atoms with Gasteiger partial charge in [-0.2, -0.15) is 9.97 Å². The van der Waals surface area contributed by atoms with Gasteiger partial charge in [-0.05, 0) is 70.8 Å². The summed E-state index contributed by atoms with van der Waals surface area (Å²) in [4.78, 5) is 31.3. The summed E-state index contributed by atoms with van der Waals surface area (Å²) in [7, 11) is 0. The number of benzene rings is 10. The summed E-state index contributed by atoms with van der Waals surface area (Å²) in [5.41, 5.74) is 14.1. The quantitative estimate of drug-likeness (QED) is 0.143. The molecule has 4 aromatic heterocycles. The standard InChI is InChI=1S/C66H42N8/c1-5-19-43(20-6-1)45-35-37-52(38-36-45)73-57-33-15-13-31-53(57)55-41-56-54-32-14-16-34-58(54)74(60(56)42-59(55)73)66-71-62(47-25-11-4-12-26-47)69-65(72-66)51-30-18-29-50(40-51)64-68-61(46-23-9-3-10-24-46)67-63(70-64)49-28-17-27-48(39-49)44-21-7-2-8-22-44/h1-42H. The summed E-state index contributed by atoms with van der Waals surface area (Å²) in [5.74, 6) is 3.28. The van der Waals surface area contributed by atoms with Crippen LogP contribution < -0.4 is 0 Å². The van der Waals surface area contributed by atoms with Crippen molar-refractivity contribution in [2.24, 2.45) is 0 Å². The molecule has 0 atom stereocenters. The van der Waals surface area contributed by atoms with Gasteiger partial charge in [-0.3, -0.25) is 4.57 Å². The maximum absolute atomic E-state index is 5.40. The van der Waals surface area contributed by atoms with Gasteiger partial charge in [-0.1, -0.05) is 206 Å². The molecule has 8 heteroatoms. The Morgan fingerprint density at radius 2 is 0.554 bits per heavy atom. The summed E-state index contributed by atoms with van der Waals surface area (Å²) in [6.07, 6.45) is 0. The number of aromatic nitrogens is 8. The van der Waals surface area contributed by atoms with Gasteiger partial charge in [0.2, 0.25) is 5.95 Å². The number of nitrogens with zero attached hydrogens (tertiary/aromatic N) is 8. The lowest BCUT2D eigenvalue weighted by molar-refractivity contribution is 0.953. The Balaban J connectivity index is 0.948. The van der Waals surface area contributed by atoms with Crippen LogP contribution in [0.5, 0.6) is 0 Å². The molecule has 0 amide bonds. The number of rotatable bonds is 9. The second-order valence-corrected chi connectivity index (χ2v) is 18.4. The van der Waals surface area contributed by atoms with Gasteiger partial charge < -0.3 is 4.57 Å². The third kappa shape index (κ3) is 7.57. The minimum Gasteiger partial charge on any atom is -0.309 e. The number of para-hydroxylation sites is 2. The molecule has 0 aliphatic heterocycles. The fourth-order valence-electron chi connectivity index (χ4n) is 10.3. The van der Waals surface area contributed by atoms with Crippen LogP contribution in [0.2, 0.25) is 0 Å². The smallest absolute Gasteiger partial charge is 0.238 e. The highest BCUT2D eigenvalue weighted by molar-refractivity contribution is 6.19. The molecule has 10 aromatic carbocycles. The zero-order valence-electron chi connectivity index (χ0n) is 39.8. The Hall–Kier alpha value is -10.2. The van der Waals surface area contributed by atoms with E-state index in [-0.39, 0.29) is 0 Å². The molecule has 0 unspecified atom stereocenters. The van der Waals surface area contributed by atoms with Crippen LogP contribution in [-0.4, -0.2) is 39.0 Å². The molecule has 0 radical (unpaired) electrons. The SMILES string of the molecule is c1ccc(-c2ccc(-n3c4ccccc4c4cc5c6ccccc6n(-c6nc(-c7ccccc7)nc(-c7cccc(-c8nc(-c9ccccc9)nc(-c9cccc(-c%10ccccc%10)c9)n8)c7)n6)c5cc43)cc2)cc1. The van der Waals surface area contributed by atoms with E-state index in [1.165, 1.54) is 21.9 Å². The second kappa shape index (κ2) is 17.9. The van der Waals surface area contributed by atoms with E-state index in [0.29, 0.717) is 35.1 Å². The van der Waals surface area contributed by atoms with Crippen molar-refractivity contribution in [1.82, 2.24) is 39.0 Å². The highest BCUT2D eigenvalue weighted by Crippen LogP contribution is 2.40. The van der Waals surface area contributed by atoms with Crippen LogP contribution >= 0.6 is 0 Å². The predicted octanol–water partition coefficient (Wildman–Crippen LogP) is 15.9.